The summed E-state index contributed by atoms with van der Waals surface area (Å²) in [5.41, 5.74) is 2.84. The Hall–Kier alpha value is -2.94. The number of likely N-dealkylation sites (tertiary alicyclic amines) is 1. The molecule has 1 atom stereocenters. The third kappa shape index (κ3) is 4.46. The molecular formula is C21H28N6O3. The Morgan fingerprint density at radius 1 is 1.23 bits per heavy atom. The largest absolute Gasteiger partial charge is 0.383 e. The van der Waals surface area contributed by atoms with Crippen LogP contribution in [0.5, 0.6) is 0 Å². The molecule has 1 saturated heterocycles. The van der Waals surface area contributed by atoms with Gasteiger partial charge in [-0.25, -0.2) is 9.48 Å². The molecule has 0 radical (unpaired) electrons. The summed E-state index contributed by atoms with van der Waals surface area (Å²) in [7, 11) is 1.61. The van der Waals surface area contributed by atoms with E-state index in [4.69, 9.17) is 4.74 Å². The number of fused-ring (bicyclic) bond motifs is 1. The molecule has 30 heavy (non-hydrogen) atoms. The monoisotopic (exact) mass is 412 g/mol. The van der Waals surface area contributed by atoms with Crippen molar-refractivity contribution >= 4 is 11.9 Å². The molecule has 1 aromatic heterocycles. The maximum Gasteiger partial charge on any atom is 0.317 e. The number of nitrogens with one attached hydrogen (secondary N) is 1. The summed E-state index contributed by atoms with van der Waals surface area (Å²) in [5, 5.41) is 11.1. The topological polar surface area (TPSA) is 92.6 Å². The number of carbonyl (C=O) groups is 2. The molecule has 160 valence electrons. The summed E-state index contributed by atoms with van der Waals surface area (Å²) in [6.45, 7) is 3.50. The lowest BCUT2D eigenvalue weighted by Gasteiger charge is -2.28. The van der Waals surface area contributed by atoms with Crippen molar-refractivity contribution in [3.05, 3.63) is 47.3 Å². The van der Waals surface area contributed by atoms with Gasteiger partial charge in [0.15, 0.2) is 5.69 Å². The average molecular weight is 412 g/mol. The molecule has 4 rings (SSSR count). The molecule has 0 aliphatic carbocycles. The second-order valence-corrected chi connectivity index (χ2v) is 7.79. The van der Waals surface area contributed by atoms with Crippen molar-refractivity contribution in [2.24, 2.45) is 0 Å². The fraction of sp³-hybridized carbons (Fsp3) is 0.524. The van der Waals surface area contributed by atoms with Gasteiger partial charge in [0, 0.05) is 33.3 Å². The maximum absolute atomic E-state index is 12.9. The molecule has 9 heteroatoms. The van der Waals surface area contributed by atoms with E-state index >= 15 is 0 Å². The van der Waals surface area contributed by atoms with Gasteiger partial charge in [0.05, 0.1) is 25.4 Å². The van der Waals surface area contributed by atoms with Crippen LogP contribution >= 0.6 is 0 Å². The number of amides is 3. The molecule has 2 aliphatic heterocycles. The number of ether oxygens (including phenoxy) is 1. The molecule has 0 saturated carbocycles. The minimum Gasteiger partial charge on any atom is -0.383 e. The zero-order chi connectivity index (χ0) is 20.9. The first-order valence-corrected chi connectivity index (χ1v) is 10.5. The number of carbonyl (C=O) groups excluding carboxylic acids is 2. The Morgan fingerprint density at radius 2 is 2.07 bits per heavy atom. The lowest BCUT2D eigenvalue weighted by molar-refractivity contribution is 0.0728. The minimum absolute atomic E-state index is 0.0408. The molecule has 1 aromatic carbocycles. The summed E-state index contributed by atoms with van der Waals surface area (Å²) in [6.07, 6.45) is 4.41. The van der Waals surface area contributed by atoms with Gasteiger partial charge in [-0.1, -0.05) is 29.5 Å². The highest BCUT2D eigenvalue weighted by atomic mass is 16.5. The van der Waals surface area contributed by atoms with Gasteiger partial charge in [-0.15, -0.1) is 5.10 Å². The molecule has 0 spiro atoms. The first-order chi connectivity index (χ1) is 14.7. The van der Waals surface area contributed by atoms with Gasteiger partial charge in [-0.3, -0.25) is 4.79 Å². The summed E-state index contributed by atoms with van der Waals surface area (Å²) in [4.78, 5) is 29.0. The number of methoxy groups -OCH3 is 1. The SMILES string of the molecule is COCCNC(=O)N1CCCC1Cn1cc(C(=O)N2CCc3ccccc3C2)nn1. The number of nitrogens with zero attached hydrogens (tertiary/aromatic N) is 5. The van der Waals surface area contributed by atoms with Crippen LogP contribution in [-0.4, -0.2) is 76.1 Å². The van der Waals surface area contributed by atoms with Crippen molar-refractivity contribution in [2.45, 2.75) is 38.4 Å². The molecular weight excluding hydrogens is 384 g/mol. The fourth-order valence-electron chi connectivity index (χ4n) is 4.19. The number of aromatic nitrogens is 3. The first-order valence-electron chi connectivity index (χ1n) is 10.5. The van der Waals surface area contributed by atoms with E-state index in [-0.39, 0.29) is 18.0 Å². The normalized spacial score (nSPS) is 18.4. The Bertz CT molecular complexity index is 898. The third-order valence-electron chi connectivity index (χ3n) is 5.79. The Kier molecular flexibility index (Phi) is 6.27. The summed E-state index contributed by atoms with van der Waals surface area (Å²) >= 11 is 0. The highest BCUT2D eigenvalue weighted by molar-refractivity contribution is 5.92. The summed E-state index contributed by atoms with van der Waals surface area (Å²) in [6, 6.07) is 8.18. The van der Waals surface area contributed by atoms with E-state index in [0.29, 0.717) is 38.5 Å². The number of urea groups is 1. The highest BCUT2D eigenvalue weighted by Gasteiger charge is 2.30. The van der Waals surface area contributed by atoms with Crippen LogP contribution in [0.25, 0.3) is 0 Å². The zero-order valence-electron chi connectivity index (χ0n) is 17.3. The van der Waals surface area contributed by atoms with Crippen LogP contribution in [0.4, 0.5) is 4.79 Å². The van der Waals surface area contributed by atoms with Crippen LogP contribution in [-0.2, 0) is 24.2 Å². The number of benzene rings is 1. The lowest BCUT2D eigenvalue weighted by Crippen LogP contribution is -2.45. The van der Waals surface area contributed by atoms with Crippen molar-refractivity contribution in [3.63, 3.8) is 0 Å². The van der Waals surface area contributed by atoms with E-state index in [1.54, 1.807) is 18.0 Å². The highest BCUT2D eigenvalue weighted by Crippen LogP contribution is 2.21. The van der Waals surface area contributed by atoms with Crippen molar-refractivity contribution < 1.29 is 14.3 Å². The number of hydrogen-bond donors (Lipinski definition) is 1. The van der Waals surface area contributed by atoms with Crippen LogP contribution in [0.15, 0.2) is 30.5 Å². The fourth-order valence-corrected chi connectivity index (χ4v) is 4.19. The molecule has 2 aromatic rings. The Morgan fingerprint density at radius 3 is 2.90 bits per heavy atom. The van der Waals surface area contributed by atoms with Crippen LogP contribution < -0.4 is 5.32 Å². The van der Waals surface area contributed by atoms with E-state index in [2.05, 4.69) is 27.8 Å². The van der Waals surface area contributed by atoms with E-state index in [1.807, 2.05) is 21.9 Å². The molecule has 2 aliphatic rings. The summed E-state index contributed by atoms with van der Waals surface area (Å²) < 4.78 is 6.66. The summed E-state index contributed by atoms with van der Waals surface area (Å²) in [5.74, 6) is -0.101. The molecule has 3 heterocycles. The van der Waals surface area contributed by atoms with Gasteiger partial charge < -0.3 is 19.9 Å². The van der Waals surface area contributed by atoms with Gasteiger partial charge >= 0.3 is 6.03 Å². The van der Waals surface area contributed by atoms with Crippen molar-refractivity contribution in [3.8, 4) is 0 Å². The zero-order valence-corrected chi connectivity index (χ0v) is 17.3. The standard InChI is InChI=1S/C21H28N6O3/c1-30-12-9-22-21(29)27-10-4-7-18(27)14-26-15-19(23-24-26)20(28)25-11-8-16-5-2-3-6-17(16)13-25/h2-3,5-6,15,18H,4,7-14H2,1H3,(H,22,29). The Balaban J connectivity index is 1.36. The predicted octanol–water partition coefficient (Wildman–Crippen LogP) is 1.30. The van der Waals surface area contributed by atoms with Crippen LogP contribution in [0.1, 0.15) is 34.5 Å². The first kappa shape index (κ1) is 20.3. The molecule has 3 amide bonds. The van der Waals surface area contributed by atoms with Gasteiger partial charge in [0.2, 0.25) is 0 Å². The minimum atomic E-state index is -0.101. The van der Waals surface area contributed by atoms with E-state index in [1.165, 1.54) is 11.1 Å². The molecule has 0 bridgehead atoms. The maximum atomic E-state index is 12.9. The average Bonchev–Trinajstić information content (AvgIpc) is 3.43. The molecule has 1 fully saturated rings. The van der Waals surface area contributed by atoms with E-state index < -0.39 is 0 Å². The van der Waals surface area contributed by atoms with Crippen molar-refractivity contribution in [1.29, 1.82) is 0 Å². The Labute approximate surface area is 176 Å². The van der Waals surface area contributed by atoms with Crippen molar-refractivity contribution in [1.82, 2.24) is 30.1 Å². The quantitative estimate of drug-likeness (QED) is 0.722. The van der Waals surface area contributed by atoms with Crippen molar-refractivity contribution in [2.75, 3.05) is 33.4 Å². The number of hydrogen-bond acceptors (Lipinski definition) is 5. The number of rotatable bonds is 6. The van der Waals surface area contributed by atoms with Gasteiger partial charge in [-0.05, 0) is 30.4 Å². The second kappa shape index (κ2) is 9.25. The van der Waals surface area contributed by atoms with E-state index in [0.717, 1.165) is 25.8 Å². The van der Waals surface area contributed by atoms with Gasteiger partial charge in [-0.2, -0.15) is 0 Å². The second-order valence-electron chi connectivity index (χ2n) is 7.79. The van der Waals surface area contributed by atoms with Gasteiger partial charge in [0.25, 0.3) is 5.91 Å². The predicted molar refractivity (Wildman–Crippen MR) is 110 cm³/mol. The van der Waals surface area contributed by atoms with Crippen LogP contribution in [0.3, 0.4) is 0 Å². The van der Waals surface area contributed by atoms with Gasteiger partial charge in [0.1, 0.15) is 0 Å². The lowest BCUT2D eigenvalue weighted by atomic mass is 10.00. The third-order valence-corrected chi connectivity index (χ3v) is 5.79. The smallest absolute Gasteiger partial charge is 0.317 e. The molecule has 1 N–H and O–H groups in total. The molecule has 9 nitrogen and oxygen atoms in total. The van der Waals surface area contributed by atoms with E-state index in [9.17, 15) is 9.59 Å². The van der Waals surface area contributed by atoms with Crippen LogP contribution in [0.2, 0.25) is 0 Å². The molecule has 1 unspecified atom stereocenters. The van der Waals surface area contributed by atoms with Crippen LogP contribution in [0, 0.1) is 0 Å².